The van der Waals surface area contributed by atoms with Crippen LogP contribution in [-0.2, 0) is 4.74 Å². The molecule has 1 unspecified atom stereocenters. The Hall–Kier alpha value is -1.69. The molecule has 0 saturated heterocycles. The fourth-order valence-electron chi connectivity index (χ4n) is 1.99. The average Bonchev–Trinajstić information content (AvgIpc) is 2.48. The van der Waals surface area contributed by atoms with Crippen molar-refractivity contribution < 1.29 is 9.53 Å². The number of methoxy groups -OCH3 is 1. The number of ether oxygens (including phenoxy) is 1. The summed E-state index contributed by atoms with van der Waals surface area (Å²) in [5.41, 5.74) is 1.29. The summed E-state index contributed by atoms with van der Waals surface area (Å²) >= 11 is 1.74. The van der Waals surface area contributed by atoms with Crippen LogP contribution < -0.4 is 10.6 Å². The highest BCUT2D eigenvalue weighted by Gasteiger charge is 2.20. The van der Waals surface area contributed by atoms with Gasteiger partial charge >= 0.3 is 6.09 Å². The topological polar surface area (TPSA) is 62.7 Å². The molecule has 1 aliphatic rings. The summed E-state index contributed by atoms with van der Waals surface area (Å²) in [6.07, 6.45) is 1.57. The summed E-state index contributed by atoms with van der Waals surface area (Å²) in [6, 6.07) is 8.33. The first-order valence-corrected chi connectivity index (χ1v) is 7.23. The van der Waals surface area contributed by atoms with Gasteiger partial charge in [-0.3, -0.25) is 10.3 Å². The van der Waals surface area contributed by atoms with Crippen molar-refractivity contribution in [2.24, 2.45) is 4.99 Å². The molecule has 0 radical (unpaired) electrons. The monoisotopic (exact) mass is 279 g/mol. The minimum Gasteiger partial charge on any atom is -0.453 e. The minimum absolute atomic E-state index is 0.326. The maximum Gasteiger partial charge on any atom is 0.413 e. The van der Waals surface area contributed by atoms with Gasteiger partial charge in [0.15, 0.2) is 0 Å². The van der Waals surface area contributed by atoms with Crippen LogP contribution in [0.15, 0.2) is 34.2 Å². The van der Waals surface area contributed by atoms with Crippen molar-refractivity contribution in [2.75, 3.05) is 26.5 Å². The van der Waals surface area contributed by atoms with Crippen LogP contribution in [0.3, 0.4) is 0 Å². The fourth-order valence-corrected chi connectivity index (χ4v) is 2.67. The molecule has 1 aliphatic heterocycles. The standard InChI is InChI=1S/C13H17N3O2S/c1-18-13(17)16-12-14-7-9(8-15-12)10-5-3-4-6-11(10)19-2/h3-6,9H,7-8H2,1-2H3,(H2,14,15,16,17). The van der Waals surface area contributed by atoms with Crippen molar-refractivity contribution >= 4 is 23.8 Å². The molecular weight excluding hydrogens is 262 g/mol. The Balaban J connectivity index is 2.04. The molecule has 0 spiro atoms. The number of alkyl carbamates (subject to hydrolysis) is 1. The zero-order chi connectivity index (χ0) is 13.7. The summed E-state index contributed by atoms with van der Waals surface area (Å²) in [4.78, 5) is 16.7. The quantitative estimate of drug-likeness (QED) is 0.810. The van der Waals surface area contributed by atoms with E-state index < -0.39 is 6.09 Å². The summed E-state index contributed by atoms with van der Waals surface area (Å²) < 4.78 is 4.53. The summed E-state index contributed by atoms with van der Waals surface area (Å²) in [6.45, 7) is 1.41. The number of hydrogen-bond acceptors (Lipinski definition) is 5. The Morgan fingerprint density at radius 2 is 2.32 bits per heavy atom. The number of carbonyl (C=O) groups is 1. The molecule has 1 atom stereocenters. The van der Waals surface area contributed by atoms with E-state index in [9.17, 15) is 4.79 Å². The second-order valence-corrected chi connectivity index (χ2v) is 4.97. The Morgan fingerprint density at radius 1 is 1.53 bits per heavy atom. The number of guanidine groups is 1. The van der Waals surface area contributed by atoms with Crippen LogP contribution >= 0.6 is 11.8 Å². The molecule has 2 rings (SSSR count). The van der Waals surface area contributed by atoms with Crippen molar-refractivity contribution in [3.63, 3.8) is 0 Å². The van der Waals surface area contributed by atoms with Crippen molar-refractivity contribution in [3.05, 3.63) is 29.8 Å². The predicted octanol–water partition coefficient (Wildman–Crippen LogP) is 1.81. The van der Waals surface area contributed by atoms with Crippen LogP contribution in [-0.4, -0.2) is 38.5 Å². The molecule has 1 heterocycles. The molecule has 1 aromatic rings. The van der Waals surface area contributed by atoms with E-state index in [1.807, 2.05) is 12.1 Å². The summed E-state index contributed by atoms with van der Waals surface area (Å²) in [5, 5.41) is 5.65. The number of thioether (sulfide) groups is 1. The first-order chi connectivity index (χ1) is 9.24. The van der Waals surface area contributed by atoms with E-state index in [-0.39, 0.29) is 0 Å². The van der Waals surface area contributed by atoms with Gasteiger partial charge in [0.25, 0.3) is 0 Å². The number of nitrogens with zero attached hydrogens (tertiary/aromatic N) is 1. The van der Waals surface area contributed by atoms with Crippen LogP contribution in [0, 0.1) is 0 Å². The van der Waals surface area contributed by atoms with Gasteiger partial charge in [-0.1, -0.05) is 18.2 Å². The molecule has 1 aromatic carbocycles. The Bertz CT molecular complexity index is 491. The fraction of sp³-hybridized carbons (Fsp3) is 0.385. The average molecular weight is 279 g/mol. The van der Waals surface area contributed by atoms with Crippen LogP contribution in [0.4, 0.5) is 4.79 Å². The van der Waals surface area contributed by atoms with Gasteiger partial charge in [0.05, 0.1) is 13.7 Å². The van der Waals surface area contributed by atoms with Gasteiger partial charge in [-0.25, -0.2) is 4.79 Å². The number of nitrogens with one attached hydrogen (secondary N) is 2. The van der Waals surface area contributed by atoms with Gasteiger partial charge in [-0.2, -0.15) is 0 Å². The van der Waals surface area contributed by atoms with Gasteiger partial charge < -0.3 is 10.1 Å². The number of benzene rings is 1. The summed E-state index contributed by atoms with van der Waals surface area (Å²) in [7, 11) is 1.33. The maximum absolute atomic E-state index is 11.1. The second kappa shape index (κ2) is 6.47. The Labute approximate surface area is 116 Å². The molecule has 0 saturated carbocycles. The lowest BCUT2D eigenvalue weighted by Crippen LogP contribution is -2.45. The lowest BCUT2D eigenvalue weighted by molar-refractivity contribution is 0.176. The third kappa shape index (κ3) is 3.41. The lowest BCUT2D eigenvalue weighted by Gasteiger charge is -2.24. The molecule has 2 N–H and O–H groups in total. The highest BCUT2D eigenvalue weighted by Crippen LogP contribution is 2.27. The smallest absolute Gasteiger partial charge is 0.413 e. The molecule has 19 heavy (non-hydrogen) atoms. The minimum atomic E-state index is -0.505. The summed E-state index contributed by atoms with van der Waals surface area (Å²) in [5.74, 6) is 0.802. The molecule has 102 valence electrons. The molecule has 5 nitrogen and oxygen atoms in total. The highest BCUT2D eigenvalue weighted by atomic mass is 32.2. The molecule has 0 aliphatic carbocycles. The van der Waals surface area contributed by atoms with Gasteiger partial charge in [-0.15, -0.1) is 11.8 Å². The third-order valence-corrected chi connectivity index (χ3v) is 3.78. The van der Waals surface area contributed by atoms with Gasteiger partial charge in [0.1, 0.15) is 0 Å². The van der Waals surface area contributed by atoms with Crippen LogP contribution in [0.25, 0.3) is 0 Å². The molecule has 0 fully saturated rings. The molecular formula is C13H17N3O2S. The zero-order valence-electron chi connectivity index (χ0n) is 11.0. The van der Waals surface area contributed by atoms with E-state index in [4.69, 9.17) is 0 Å². The Kier molecular flexibility index (Phi) is 4.68. The van der Waals surface area contributed by atoms with Crippen molar-refractivity contribution in [2.45, 2.75) is 10.8 Å². The van der Waals surface area contributed by atoms with E-state index in [0.717, 1.165) is 6.54 Å². The molecule has 0 aromatic heterocycles. The zero-order valence-corrected chi connectivity index (χ0v) is 11.8. The number of hydrogen-bond donors (Lipinski definition) is 2. The normalized spacial score (nSPS) is 18.2. The SMILES string of the molecule is COC(=O)NC1=NCC(c2ccccc2SC)CN1. The Morgan fingerprint density at radius 3 is 2.95 bits per heavy atom. The lowest BCUT2D eigenvalue weighted by atomic mass is 9.98. The van der Waals surface area contributed by atoms with Gasteiger partial charge in [-0.05, 0) is 17.9 Å². The molecule has 6 heteroatoms. The maximum atomic E-state index is 11.1. The van der Waals surface area contributed by atoms with E-state index in [1.54, 1.807) is 11.8 Å². The van der Waals surface area contributed by atoms with Crippen molar-refractivity contribution in [1.29, 1.82) is 0 Å². The second-order valence-electron chi connectivity index (χ2n) is 4.13. The van der Waals surface area contributed by atoms with Crippen LogP contribution in [0.2, 0.25) is 0 Å². The van der Waals surface area contributed by atoms with Crippen molar-refractivity contribution in [3.8, 4) is 0 Å². The van der Waals surface area contributed by atoms with E-state index >= 15 is 0 Å². The number of amides is 1. The van der Waals surface area contributed by atoms with Crippen LogP contribution in [0.5, 0.6) is 0 Å². The highest BCUT2D eigenvalue weighted by molar-refractivity contribution is 7.98. The first kappa shape index (κ1) is 13.7. The van der Waals surface area contributed by atoms with Crippen molar-refractivity contribution in [1.82, 2.24) is 10.6 Å². The van der Waals surface area contributed by atoms with E-state index in [2.05, 4.69) is 38.8 Å². The van der Waals surface area contributed by atoms with Gasteiger partial charge in [0.2, 0.25) is 5.96 Å². The third-order valence-electron chi connectivity index (χ3n) is 2.97. The van der Waals surface area contributed by atoms with Crippen LogP contribution in [0.1, 0.15) is 11.5 Å². The first-order valence-electron chi connectivity index (χ1n) is 6.00. The van der Waals surface area contributed by atoms with E-state index in [1.165, 1.54) is 17.6 Å². The number of aliphatic imine (C=N–C) groups is 1. The van der Waals surface area contributed by atoms with Gasteiger partial charge in [0, 0.05) is 17.4 Å². The largest absolute Gasteiger partial charge is 0.453 e. The predicted molar refractivity (Wildman–Crippen MR) is 76.8 cm³/mol. The molecule has 1 amide bonds. The molecule has 0 bridgehead atoms. The van der Waals surface area contributed by atoms with E-state index in [0.29, 0.717) is 18.4 Å². The number of rotatable bonds is 2. The number of carbonyl (C=O) groups excluding carboxylic acids is 1.